The Bertz CT molecular complexity index is 1120. The van der Waals surface area contributed by atoms with Crippen molar-refractivity contribution in [1.82, 2.24) is 15.1 Å². The lowest BCUT2D eigenvalue weighted by atomic mass is 9.89. The van der Waals surface area contributed by atoms with Gasteiger partial charge in [-0.15, -0.1) is 24.8 Å². The number of nitrogens with two attached hydrogens (primary N) is 1. The molecule has 0 saturated carbocycles. The van der Waals surface area contributed by atoms with Gasteiger partial charge in [0.15, 0.2) is 11.5 Å². The standard InChI is InChI=1S/C28H38ClN5O5.2ClH/c1-37-24-13-21(14-25(38-2)27(24)39-3)31-28(36)32-22-15-33(17-26(30)35)16-23(22)34-10-8-19(9-11-34)12-18-4-6-20(29)7-5-18;;/h4-7,13-14,19,22-23H,8-12,15-17H2,1-3H3,(H2,30,35)(H2,31,32,36);2*1H/t22-,23-;;/m1../s1. The van der Waals surface area contributed by atoms with Crippen molar-refractivity contribution in [2.75, 3.05) is 59.4 Å². The van der Waals surface area contributed by atoms with E-state index in [9.17, 15) is 9.59 Å². The van der Waals surface area contributed by atoms with Crippen LogP contribution in [0.25, 0.3) is 0 Å². The van der Waals surface area contributed by atoms with Crippen molar-refractivity contribution in [2.45, 2.75) is 31.3 Å². The van der Waals surface area contributed by atoms with Crippen molar-refractivity contribution >= 4 is 54.0 Å². The predicted octanol–water partition coefficient (Wildman–Crippen LogP) is 3.82. The van der Waals surface area contributed by atoms with Crippen LogP contribution in [0.2, 0.25) is 5.02 Å². The van der Waals surface area contributed by atoms with Gasteiger partial charge >= 0.3 is 6.03 Å². The maximum Gasteiger partial charge on any atom is 0.319 e. The van der Waals surface area contributed by atoms with Gasteiger partial charge in [0.2, 0.25) is 11.7 Å². The van der Waals surface area contributed by atoms with Crippen LogP contribution in [0.4, 0.5) is 10.5 Å². The molecule has 2 aliphatic heterocycles. The summed E-state index contributed by atoms with van der Waals surface area (Å²) in [5.41, 5.74) is 7.30. The minimum absolute atomic E-state index is 0. The highest BCUT2D eigenvalue weighted by molar-refractivity contribution is 6.30. The van der Waals surface area contributed by atoms with Gasteiger partial charge in [-0.1, -0.05) is 23.7 Å². The Hall–Kier alpha value is -2.63. The lowest BCUT2D eigenvalue weighted by Crippen LogP contribution is -2.54. The SMILES string of the molecule is COc1cc(NC(=O)N[C@@H]2CN(CC(N)=O)C[C@H]2N2CCC(Cc3ccc(Cl)cc3)CC2)cc(OC)c1OC.Cl.Cl. The largest absolute Gasteiger partial charge is 0.493 e. The Kier molecular flexibility index (Phi) is 13.6. The second-order valence-corrected chi connectivity index (χ2v) is 10.6. The van der Waals surface area contributed by atoms with Crippen molar-refractivity contribution in [2.24, 2.45) is 11.7 Å². The van der Waals surface area contributed by atoms with Gasteiger partial charge < -0.3 is 30.6 Å². The first-order valence-corrected chi connectivity index (χ1v) is 13.5. The second-order valence-electron chi connectivity index (χ2n) is 10.2. The third-order valence-corrected chi connectivity index (χ3v) is 7.79. The zero-order chi connectivity index (χ0) is 27.9. The minimum Gasteiger partial charge on any atom is -0.493 e. The summed E-state index contributed by atoms with van der Waals surface area (Å²) in [6.07, 6.45) is 3.17. The number of halogens is 3. The molecule has 13 heteroatoms. The van der Waals surface area contributed by atoms with Crippen LogP contribution < -0.4 is 30.6 Å². The van der Waals surface area contributed by atoms with Gasteiger partial charge in [0, 0.05) is 36.3 Å². The van der Waals surface area contributed by atoms with Crippen LogP contribution in [-0.4, -0.2) is 87.9 Å². The number of hydrogen-bond donors (Lipinski definition) is 3. The van der Waals surface area contributed by atoms with Gasteiger partial charge in [-0.05, 0) is 56.0 Å². The molecule has 41 heavy (non-hydrogen) atoms. The molecule has 2 aromatic carbocycles. The summed E-state index contributed by atoms with van der Waals surface area (Å²) in [6, 6.07) is 11.0. The molecule has 4 N–H and O–H groups in total. The molecule has 0 aromatic heterocycles. The molecule has 2 aromatic rings. The number of hydrogen-bond acceptors (Lipinski definition) is 7. The monoisotopic (exact) mass is 631 g/mol. The summed E-state index contributed by atoms with van der Waals surface area (Å²) < 4.78 is 16.2. The number of anilines is 1. The van der Waals surface area contributed by atoms with Gasteiger partial charge in [-0.2, -0.15) is 0 Å². The van der Waals surface area contributed by atoms with E-state index in [-0.39, 0.29) is 55.4 Å². The normalized spacial score (nSPS) is 19.4. The van der Waals surface area contributed by atoms with Crippen molar-refractivity contribution in [1.29, 1.82) is 0 Å². The molecule has 228 valence electrons. The molecule has 0 radical (unpaired) electrons. The molecule has 0 aliphatic carbocycles. The molecule has 2 heterocycles. The van der Waals surface area contributed by atoms with E-state index in [1.54, 1.807) is 12.1 Å². The fraction of sp³-hybridized carbons (Fsp3) is 0.500. The van der Waals surface area contributed by atoms with Crippen LogP contribution in [0.5, 0.6) is 17.2 Å². The Morgan fingerprint density at radius 3 is 2.12 bits per heavy atom. The second kappa shape index (κ2) is 16.1. The highest BCUT2D eigenvalue weighted by Gasteiger charge is 2.39. The molecular formula is C28H40Cl3N5O5. The van der Waals surface area contributed by atoms with Gasteiger partial charge in [-0.3, -0.25) is 14.6 Å². The summed E-state index contributed by atoms with van der Waals surface area (Å²) in [4.78, 5) is 29.2. The highest BCUT2D eigenvalue weighted by Crippen LogP contribution is 2.40. The number of primary amides is 1. The van der Waals surface area contributed by atoms with Crippen molar-refractivity contribution < 1.29 is 23.8 Å². The number of carbonyl (C=O) groups is 2. The van der Waals surface area contributed by atoms with E-state index in [0.717, 1.165) is 37.4 Å². The number of nitrogens with zero attached hydrogens (tertiary/aromatic N) is 2. The van der Waals surface area contributed by atoms with E-state index in [1.165, 1.54) is 26.9 Å². The first-order chi connectivity index (χ1) is 18.8. The van der Waals surface area contributed by atoms with E-state index in [4.69, 9.17) is 31.5 Å². The molecule has 0 bridgehead atoms. The average molecular weight is 633 g/mol. The maximum absolute atomic E-state index is 13.1. The number of amides is 3. The van der Waals surface area contributed by atoms with Crippen LogP contribution >= 0.6 is 36.4 Å². The smallest absolute Gasteiger partial charge is 0.319 e. The number of piperidine rings is 1. The number of benzene rings is 2. The molecule has 2 atom stereocenters. The van der Waals surface area contributed by atoms with Crippen LogP contribution in [0, 0.1) is 5.92 Å². The lowest BCUT2D eigenvalue weighted by Gasteiger charge is -2.38. The first-order valence-electron chi connectivity index (χ1n) is 13.2. The number of likely N-dealkylation sites (tertiary alicyclic amines) is 2. The minimum atomic E-state index is -0.377. The van der Waals surface area contributed by atoms with Crippen LogP contribution in [0.15, 0.2) is 36.4 Å². The van der Waals surface area contributed by atoms with Crippen LogP contribution in [0.1, 0.15) is 18.4 Å². The van der Waals surface area contributed by atoms with Crippen LogP contribution in [0.3, 0.4) is 0 Å². The third-order valence-electron chi connectivity index (χ3n) is 7.54. The first kappa shape index (κ1) is 34.6. The molecular weight excluding hydrogens is 593 g/mol. The number of carbonyl (C=O) groups excluding carboxylic acids is 2. The average Bonchev–Trinajstić information content (AvgIpc) is 3.30. The zero-order valence-electron chi connectivity index (χ0n) is 23.6. The quantitative estimate of drug-likeness (QED) is 0.365. The Morgan fingerprint density at radius 2 is 1.59 bits per heavy atom. The third kappa shape index (κ3) is 9.18. The fourth-order valence-electron chi connectivity index (χ4n) is 5.66. The molecule has 2 saturated heterocycles. The van der Waals surface area contributed by atoms with E-state index < -0.39 is 0 Å². The number of rotatable bonds is 10. The Labute approximate surface area is 259 Å². The van der Waals surface area contributed by atoms with E-state index in [2.05, 4.69) is 27.7 Å². The molecule has 10 nitrogen and oxygen atoms in total. The molecule has 3 amide bonds. The molecule has 2 aliphatic rings. The van der Waals surface area contributed by atoms with E-state index in [0.29, 0.717) is 41.9 Å². The van der Waals surface area contributed by atoms with Gasteiger partial charge in [0.1, 0.15) is 0 Å². The summed E-state index contributed by atoms with van der Waals surface area (Å²) in [5, 5.41) is 6.76. The van der Waals surface area contributed by atoms with E-state index in [1.807, 2.05) is 17.0 Å². The zero-order valence-corrected chi connectivity index (χ0v) is 25.9. The number of ether oxygens (including phenoxy) is 3. The summed E-state index contributed by atoms with van der Waals surface area (Å²) in [7, 11) is 4.57. The van der Waals surface area contributed by atoms with Crippen molar-refractivity contribution in [3.63, 3.8) is 0 Å². The van der Waals surface area contributed by atoms with Gasteiger partial charge in [0.25, 0.3) is 0 Å². The van der Waals surface area contributed by atoms with Crippen LogP contribution in [-0.2, 0) is 11.2 Å². The van der Waals surface area contributed by atoms with E-state index >= 15 is 0 Å². The molecule has 0 spiro atoms. The fourth-order valence-corrected chi connectivity index (χ4v) is 5.78. The van der Waals surface area contributed by atoms with Gasteiger partial charge in [0.05, 0.1) is 39.6 Å². The summed E-state index contributed by atoms with van der Waals surface area (Å²) >= 11 is 6.03. The van der Waals surface area contributed by atoms with Crippen molar-refractivity contribution in [3.8, 4) is 17.2 Å². The molecule has 0 unspecified atom stereocenters. The van der Waals surface area contributed by atoms with Gasteiger partial charge in [-0.25, -0.2) is 4.79 Å². The molecule has 2 fully saturated rings. The number of nitrogens with one attached hydrogen (secondary N) is 2. The summed E-state index contributed by atoms with van der Waals surface area (Å²) in [6.45, 7) is 3.23. The Balaban J connectivity index is 0.00000294. The Morgan fingerprint density at radius 1 is 0.976 bits per heavy atom. The highest BCUT2D eigenvalue weighted by atomic mass is 35.5. The molecule has 4 rings (SSSR count). The topological polar surface area (TPSA) is 118 Å². The predicted molar refractivity (Wildman–Crippen MR) is 165 cm³/mol. The number of methoxy groups -OCH3 is 3. The summed E-state index contributed by atoms with van der Waals surface area (Å²) in [5.74, 6) is 1.56. The maximum atomic E-state index is 13.1. The van der Waals surface area contributed by atoms with Crippen molar-refractivity contribution in [3.05, 3.63) is 47.0 Å². The lowest BCUT2D eigenvalue weighted by molar-refractivity contribution is -0.118. The number of urea groups is 1.